The highest BCUT2D eigenvalue weighted by Crippen LogP contribution is 2.24. The van der Waals surface area contributed by atoms with E-state index in [-0.39, 0.29) is 11.9 Å². The summed E-state index contributed by atoms with van der Waals surface area (Å²) in [5.41, 5.74) is 1.17. The highest BCUT2D eigenvalue weighted by atomic mass is 32.1. The average Bonchev–Trinajstić information content (AvgIpc) is 3.22. The number of hydrogen-bond donors (Lipinski definition) is 1. The Hall–Kier alpha value is -2.21. The molecule has 0 radical (unpaired) electrons. The summed E-state index contributed by atoms with van der Waals surface area (Å²) >= 11 is 1.81. The molecule has 1 amide bonds. The van der Waals surface area contributed by atoms with E-state index in [0.717, 1.165) is 32.7 Å². The average molecular weight is 394 g/mol. The molecule has 1 aliphatic heterocycles. The summed E-state index contributed by atoms with van der Waals surface area (Å²) in [6.07, 6.45) is 0. The Morgan fingerprint density at radius 1 is 1.00 bits per heavy atom. The van der Waals surface area contributed by atoms with Crippen LogP contribution in [0.1, 0.15) is 23.4 Å². The molecule has 5 heteroatoms. The molecule has 2 aromatic carbocycles. The monoisotopic (exact) mass is 393 g/mol. The molecule has 4 nitrogen and oxygen atoms in total. The number of amides is 1. The lowest BCUT2D eigenvalue weighted by Crippen LogP contribution is -2.49. The molecule has 1 atom stereocenters. The Morgan fingerprint density at radius 3 is 2.54 bits per heavy atom. The van der Waals surface area contributed by atoms with Crippen LogP contribution in [0.2, 0.25) is 0 Å². The molecule has 1 aliphatic rings. The van der Waals surface area contributed by atoms with E-state index in [0.29, 0.717) is 6.54 Å². The van der Waals surface area contributed by atoms with Gasteiger partial charge in [-0.25, -0.2) is 0 Å². The lowest BCUT2D eigenvalue weighted by Gasteiger charge is -2.34. The number of fused-ring (bicyclic) bond motifs is 1. The lowest BCUT2D eigenvalue weighted by molar-refractivity contribution is -0.123. The Bertz CT molecular complexity index is 911. The fourth-order valence-electron chi connectivity index (χ4n) is 3.92. The predicted octanol–water partition coefficient (Wildman–Crippen LogP) is 3.90. The van der Waals surface area contributed by atoms with Crippen molar-refractivity contribution in [1.82, 2.24) is 15.1 Å². The highest BCUT2D eigenvalue weighted by Gasteiger charge is 2.20. The van der Waals surface area contributed by atoms with Gasteiger partial charge in [-0.05, 0) is 34.7 Å². The maximum Gasteiger partial charge on any atom is 0.234 e. The van der Waals surface area contributed by atoms with Crippen LogP contribution < -0.4 is 5.32 Å². The Morgan fingerprint density at radius 2 is 1.75 bits per heavy atom. The van der Waals surface area contributed by atoms with Crippen molar-refractivity contribution in [3.05, 3.63) is 70.4 Å². The zero-order chi connectivity index (χ0) is 19.3. The number of nitrogens with zero attached hydrogens (tertiary/aromatic N) is 2. The van der Waals surface area contributed by atoms with Crippen LogP contribution in [-0.4, -0.2) is 48.4 Å². The highest BCUT2D eigenvalue weighted by molar-refractivity contribution is 7.09. The number of thiophene rings is 1. The zero-order valence-corrected chi connectivity index (χ0v) is 17.1. The first-order valence-electron chi connectivity index (χ1n) is 9.93. The van der Waals surface area contributed by atoms with Gasteiger partial charge in [0.1, 0.15) is 0 Å². The quantitative estimate of drug-likeness (QED) is 0.690. The third kappa shape index (κ3) is 4.61. The SMILES string of the molecule is CC(NC(=O)CN1CCN(Cc2cccs2)CC1)c1cccc2ccccc12. The van der Waals surface area contributed by atoms with Crippen molar-refractivity contribution in [2.24, 2.45) is 0 Å². The van der Waals surface area contributed by atoms with Gasteiger partial charge in [0.25, 0.3) is 0 Å². The predicted molar refractivity (Wildman–Crippen MR) is 117 cm³/mol. The fourth-order valence-corrected chi connectivity index (χ4v) is 4.67. The Kier molecular flexibility index (Phi) is 6.05. The summed E-state index contributed by atoms with van der Waals surface area (Å²) in [4.78, 5) is 18.7. The number of benzene rings is 2. The molecular formula is C23H27N3OS. The topological polar surface area (TPSA) is 35.6 Å². The second kappa shape index (κ2) is 8.86. The number of carbonyl (C=O) groups excluding carboxylic acids is 1. The number of carbonyl (C=O) groups is 1. The first kappa shape index (κ1) is 19.1. The summed E-state index contributed by atoms with van der Waals surface area (Å²) in [5.74, 6) is 0.104. The summed E-state index contributed by atoms with van der Waals surface area (Å²) in [6, 6.07) is 18.9. The minimum Gasteiger partial charge on any atom is -0.348 e. The molecule has 1 N–H and O–H groups in total. The molecule has 0 spiro atoms. The second-order valence-corrected chi connectivity index (χ2v) is 8.52. The maximum atomic E-state index is 12.6. The van der Waals surface area contributed by atoms with Crippen LogP contribution in [-0.2, 0) is 11.3 Å². The van der Waals surface area contributed by atoms with Crippen molar-refractivity contribution in [1.29, 1.82) is 0 Å². The number of nitrogens with one attached hydrogen (secondary N) is 1. The number of rotatable bonds is 6. The van der Waals surface area contributed by atoms with Gasteiger partial charge in [-0.1, -0.05) is 48.5 Å². The summed E-state index contributed by atoms with van der Waals surface area (Å²) in [7, 11) is 0. The van der Waals surface area contributed by atoms with Gasteiger partial charge in [-0.3, -0.25) is 14.6 Å². The standard InChI is InChI=1S/C23H27N3OS/c1-18(21-10-4-7-19-6-2-3-9-22(19)21)24-23(27)17-26-13-11-25(12-14-26)16-20-8-5-15-28-20/h2-10,15,18H,11-14,16-17H2,1H3,(H,24,27). The van der Waals surface area contributed by atoms with Crippen molar-refractivity contribution in [2.45, 2.75) is 19.5 Å². The molecule has 0 saturated carbocycles. The molecule has 146 valence electrons. The number of piperazine rings is 1. The van der Waals surface area contributed by atoms with Crippen LogP contribution >= 0.6 is 11.3 Å². The fraction of sp³-hybridized carbons (Fsp3) is 0.348. The van der Waals surface area contributed by atoms with Gasteiger partial charge < -0.3 is 5.32 Å². The first-order chi connectivity index (χ1) is 13.7. The van der Waals surface area contributed by atoms with Gasteiger partial charge in [-0.2, -0.15) is 0 Å². The van der Waals surface area contributed by atoms with E-state index in [1.807, 2.05) is 17.4 Å². The largest absolute Gasteiger partial charge is 0.348 e. The molecule has 28 heavy (non-hydrogen) atoms. The van der Waals surface area contributed by atoms with Gasteiger partial charge in [-0.15, -0.1) is 11.3 Å². The molecule has 2 heterocycles. The van der Waals surface area contributed by atoms with Crippen LogP contribution in [0.5, 0.6) is 0 Å². The van der Waals surface area contributed by atoms with Crippen LogP contribution in [0.4, 0.5) is 0 Å². The van der Waals surface area contributed by atoms with Crippen LogP contribution in [0.15, 0.2) is 60.0 Å². The molecule has 1 fully saturated rings. The molecule has 1 aromatic heterocycles. The first-order valence-corrected chi connectivity index (χ1v) is 10.8. The van der Waals surface area contributed by atoms with Gasteiger partial charge >= 0.3 is 0 Å². The van der Waals surface area contributed by atoms with Crippen LogP contribution in [0.3, 0.4) is 0 Å². The van der Waals surface area contributed by atoms with Crippen molar-refractivity contribution >= 4 is 28.0 Å². The van der Waals surface area contributed by atoms with Gasteiger partial charge in [0.2, 0.25) is 5.91 Å². The van der Waals surface area contributed by atoms with Crippen LogP contribution in [0, 0.1) is 0 Å². The summed E-state index contributed by atoms with van der Waals surface area (Å²) in [5, 5.41) is 7.74. The smallest absolute Gasteiger partial charge is 0.234 e. The third-order valence-electron chi connectivity index (χ3n) is 5.46. The molecule has 0 bridgehead atoms. The van der Waals surface area contributed by atoms with Gasteiger partial charge in [0.15, 0.2) is 0 Å². The molecular weight excluding hydrogens is 366 g/mol. The minimum absolute atomic E-state index is 0.00119. The Balaban J connectivity index is 1.28. The van der Waals surface area contributed by atoms with Gasteiger partial charge in [0.05, 0.1) is 12.6 Å². The molecule has 0 aliphatic carbocycles. The van der Waals surface area contributed by atoms with E-state index in [9.17, 15) is 4.79 Å². The summed E-state index contributed by atoms with van der Waals surface area (Å²) in [6.45, 7) is 7.49. The van der Waals surface area contributed by atoms with Crippen molar-refractivity contribution < 1.29 is 4.79 Å². The summed E-state index contributed by atoms with van der Waals surface area (Å²) < 4.78 is 0. The Labute approximate surface area is 170 Å². The maximum absolute atomic E-state index is 12.6. The zero-order valence-electron chi connectivity index (χ0n) is 16.3. The van der Waals surface area contributed by atoms with Crippen molar-refractivity contribution in [3.63, 3.8) is 0 Å². The third-order valence-corrected chi connectivity index (χ3v) is 6.32. The van der Waals surface area contributed by atoms with E-state index < -0.39 is 0 Å². The molecule has 3 aromatic rings. The second-order valence-electron chi connectivity index (χ2n) is 7.49. The molecule has 1 saturated heterocycles. The van der Waals surface area contributed by atoms with Crippen molar-refractivity contribution in [3.8, 4) is 0 Å². The van der Waals surface area contributed by atoms with Crippen molar-refractivity contribution in [2.75, 3.05) is 32.7 Å². The normalized spacial score (nSPS) is 16.9. The molecule has 4 rings (SSSR count). The van der Waals surface area contributed by atoms with Gasteiger partial charge in [0, 0.05) is 37.6 Å². The van der Waals surface area contributed by atoms with E-state index in [2.05, 4.69) is 76.0 Å². The van der Waals surface area contributed by atoms with E-state index in [4.69, 9.17) is 0 Å². The van der Waals surface area contributed by atoms with E-state index in [1.165, 1.54) is 21.2 Å². The lowest BCUT2D eigenvalue weighted by atomic mass is 10.00. The van der Waals surface area contributed by atoms with E-state index in [1.54, 1.807) is 0 Å². The van der Waals surface area contributed by atoms with E-state index >= 15 is 0 Å². The number of hydrogen-bond acceptors (Lipinski definition) is 4. The minimum atomic E-state index is -0.00119. The van der Waals surface area contributed by atoms with Crippen LogP contribution in [0.25, 0.3) is 10.8 Å². The molecule has 1 unspecified atom stereocenters.